The van der Waals surface area contributed by atoms with Crippen LogP contribution in [0.3, 0.4) is 0 Å². The zero-order valence-electron chi connectivity index (χ0n) is 18.3. The van der Waals surface area contributed by atoms with E-state index in [-0.39, 0.29) is 27.8 Å². The fourth-order valence-corrected chi connectivity index (χ4v) is 3.62. The fourth-order valence-electron chi connectivity index (χ4n) is 3.62. The minimum Gasteiger partial charge on any atom is -0.383 e. The van der Waals surface area contributed by atoms with Crippen molar-refractivity contribution in [2.24, 2.45) is 0 Å². The van der Waals surface area contributed by atoms with Gasteiger partial charge in [0.25, 0.3) is 0 Å². The number of carbonyl (C=O) groups excluding carboxylic acids is 1. The molecule has 3 aromatic rings. The summed E-state index contributed by atoms with van der Waals surface area (Å²) in [4.78, 5) is 22.3. The first kappa shape index (κ1) is 22.9. The van der Waals surface area contributed by atoms with Crippen molar-refractivity contribution in [3.63, 3.8) is 0 Å². The first-order valence-electron chi connectivity index (χ1n) is 10.6. The molecule has 1 aromatic heterocycles. The van der Waals surface area contributed by atoms with E-state index in [0.29, 0.717) is 60.2 Å². The summed E-state index contributed by atoms with van der Waals surface area (Å²) in [5.41, 5.74) is 8.93. The highest BCUT2D eigenvalue weighted by molar-refractivity contribution is 5.99. The quantitative estimate of drug-likeness (QED) is 0.301. The molecule has 9 nitrogen and oxygen atoms in total. The topological polar surface area (TPSA) is 129 Å². The molecule has 1 saturated heterocycles. The van der Waals surface area contributed by atoms with Gasteiger partial charge in [-0.1, -0.05) is 18.7 Å². The number of hydrogen-bond acceptors (Lipinski definition) is 8. The first-order valence-corrected chi connectivity index (χ1v) is 10.6. The number of rotatable bonds is 7. The summed E-state index contributed by atoms with van der Waals surface area (Å²) in [6, 6.07) is 11.8. The number of amides is 1. The van der Waals surface area contributed by atoms with Gasteiger partial charge in [-0.25, -0.2) is 9.37 Å². The second kappa shape index (κ2) is 10.1. The number of halogens is 1. The Bertz CT molecular complexity index is 1260. The summed E-state index contributed by atoms with van der Waals surface area (Å²) >= 11 is 0. The molecule has 1 fully saturated rings. The van der Waals surface area contributed by atoms with Gasteiger partial charge < -0.3 is 31.4 Å². The van der Waals surface area contributed by atoms with Gasteiger partial charge in [0.1, 0.15) is 11.6 Å². The molecule has 0 aliphatic carbocycles. The standard InChI is InChI=1S/C24H24FN7O2.3H2/c1-2-21(33)28-16-5-3-4-15(12-16)22-18(14-26)23(27)31-24(30-22)29-17-6-7-20(19(25)13-17)32-8-10-34-11-9-32;;;/h2-7,12-14,26H,1,8-11H2,(H,28,33)(H3,27,29,30,31);3*1H. The Balaban J connectivity index is 0.00000228. The molecule has 1 aliphatic rings. The van der Waals surface area contributed by atoms with E-state index >= 15 is 0 Å². The molecule has 2 heterocycles. The number of carbonyl (C=O) groups is 1. The average Bonchev–Trinajstić information content (AvgIpc) is 2.84. The van der Waals surface area contributed by atoms with Crippen molar-refractivity contribution in [3.05, 3.63) is 66.5 Å². The second-order valence-corrected chi connectivity index (χ2v) is 7.50. The third kappa shape index (κ3) is 5.02. The lowest BCUT2D eigenvalue weighted by molar-refractivity contribution is -0.111. The molecule has 0 unspecified atom stereocenters. The monoisotopic (exact) mass is 467 g/mol. The van der Waals surface area contributed by atoms with Crippen LogP contribution < -0.4 is 21.3 Å². The number of nitrogen functional groups attached to an aromatic ring is 1. The normalized spacial score (nSPS) is 13.3. The summed E-state index contributed by atoms with van der Waals surface area (Å²) in [6.07, 6.45) is 2.24. The number of anilines is 5. The number of aromatic nitrogens is 2. The van der Waals surface area contributed by atoms with Crippen molar-refractivity contribution >= 4 is 41.0 Å². The predicted molar refractivity (Wildman–Crippen MR) is 138 cm³/mol. The molecule has 0 saturated carbocycles. The minimum atomic E-state index is -0.373. The molecule has 0 bridgehead atoms. The summed E-state index contributed by atoms with van der Waals surface area (Å²) in [6.45, 7) is 5.83. The largest absolute Gasteiger partial charge is 0.383 e. The van der Waals surface area contributed by atoms with E-state index in [1.165, 1.54) is 12.1 Å². The van der Waals surface area contributed by atoms with Crippen LogP contribution in [0.4, 0.5) is 33.2 Å². The first-order chi connectivity index (χ1) is 16.5. The highest BCUT2D eigenvalue weighted by atomic mass is 19.1. The highest BCUT2D eigenvalue weighted by Crippen LogP contribution is 2.29. The van der Waals surface area contributed by atoms with E-state index in [1.807, 2.05) is 4.90 Å². The van der Waals surface area contributed by atoms with E-state index in [9.17, 15) is 9.18 Å². The molecule has 5 N–H and O–H groups in total. The number of nitrogens with two attached hydrogens (primary N) is 1. The second-order valence-electron chi connectivity index (χ2n) is 7.50. The smallest absolute Gasteiger partial charge is 0.247 e. The van der Waals surface area contributed by atoms with E-state index < -0.39 is 0 Å². The Morgan fingerprint density at radius 1 is 1.21 bits per heavy atom. The lowest BCUT2D eigenvalue weighted by atomic mass is 10.1. The van der Waals surface area contributed by atoms with Gasteiger partial charge in [-0.3, -0.25) is 4.79 Å². The third-order valence-electron chi connectivity index (χ3n) is 5.26. The number of morpholine rings is 1. The molecule has 10 heteroatoms. The lowest BCUT2D eigenvalue weighted by Gasteiger charge is -2.29. The predicted octanol–water partition coefficient (Wildman–Crippen LogP) is 4.31. The molecule has 4 rings (SSSR count). The van der Waals surface area contributed by atoms with Crippen molar-refractivity contribution in [3.8, 4) is 11.3 Å². The minimum absolute atomic E-state index is 0. The van der Waals surface area contributed by atoms with Crippen molar-refractivity contribution in [2.75, 3.05) is 47.6 Å². The molecule has 34 heavy (non-hydrogen) atoms. The Labute approximate surface area is 200 Å². The Hall–Kier alpha value is -4.31. The zero-order valence-corrected chi connectivity index (χ0v) is 18.3. The Kier molecular flexibility index (Phi) is 6.79. The van der Waals surface area contributed by atoms with Crippen LogP contribution in [0.1, 0.15) is 9.84 Å². The van der Waals surface area contributed by atoms with Gasteiger partial charge in [0.2, 0.25) is 11.9 Å². The van der Waals surface area contributed by atoms with Crippen LogP contribution in [0, 0.1) is 11.2 Å². The molecule has 2 aromatic carbocycles. The number of ether oxygens (including phenoxy) is 1. The van der Waals surface area contributed by atoms with Crippen LogP contribution in [0.2, 0.25) is 0 Å². The van der Waals surface area contributed by atoms with Crippen LogP contribution in [0.5, 0.6) is 0 Å². The zero-order chi connectivity index (χ0) is 24.1. The van der Waals surface area contributed by atoms with Crippen LogP contribution >= 0.6 is 0 Å². The Morgan fingerprint density at radius 3 is 2.71 bits per heavy atom. The van der Waals surface area contributed by atoms with Gasteiger partial charge in [-0.15, -0.1) is 0 Å². The van der Waals surface area contributed by atoms with Gasteiger partial charge in [0.05, 0.1) is 30.2 Å². The number of nitrogens with one attached hydrogen (secondary N) is 3. The number of hydrogen-bond donors (Lipinski definition) is 4. The summed E-state index contributed by atoms with van der Waals surface area (Å²) in [5, 5.41) is 13.4. The van der Waals surface area contributed by atoms with Gasteiger partial charge in [-0.05, 0) is 36.4 Å². The maximum Gasteiger partial charge on any atom is 0.247 e. The van der Waals surface area contributed by atoms with Crippen LogP contribution in [0.15, 0.2) is 55.1 Å². The van der Waals surface area contributed by atoms with Gasteiger partial charge in [0.15, 0.2) is 0 Å². The van der Waals surface area contributed by atoms with Gasteiger partial charge >= 0.3 is 0 Å². The SMILES string of the molecule is C=CC(=O)Nc1cccc(-c2nc(Nc3ccc(N4CCOCC4)c(F)c3)nc(N)c2C=N)c1.[HH].[HH].[HH]. The van der Waals surface area contributed by atoms with Gasteiger partial charge in [-0.2, -0.15) is 4.98 Å². The number of nitrogens with zero attached hydrogens (tertiary/aromatic N) is 3. The van der Waals surface area contributed by atoms with E-state index in [4.69, 9.17) is 15.9 Å². The van der Waals surface area contributed by atoms with E-state index in [1.54, 1.807) is 36.4 Å². The van der Waals surface area contributed by atoms with E-state index in [2.05, 4.69) is 27.2 Å². The van der Waals surface area contributed by atoms with Crippen molar-refractivity contribution in [1.29, 1.82) is 5.41 Å². The van der Waals surface area contributed by atoms with Gasteiger partial charge in [0, 0.05) is 40.5 Å². The average molecular weight is 468 g/mol. The van der Waals surface area contributed by atoms with Crippen molar-refractivity contribution < 1.29 is 18.2 Å². The third-order valence-corrected chi connectivity index (χ3v) is 5.26. The summed E-state index contributed by atoms with van der Waals surface area (Å²) in [7, 11) is 0. The highest BCUT2D eigenvalue weighted by Gasteiger charge is 2.17. The van der Waals surface area contributed by atoms with Crippen LogP contribution in [-0.4, -0.2) is 48.4 Å². The molecule has 1 aliphatic heterocycles. The van der Waals surface area contributed by atoms with Crippen LogP contribution in [-0.2, 0) is 9.53 Å². The molecule has 180 valence electrons. The maximum absolute atomic E-state index is 14.8. The van der Waals surface area contributed by atoms with E-state index in [0.717, 1.165) is 6.21 Å². The number of benzene rings is 2. The summed E-state index contributed by atoms with van der Waals surface area (Å²) < 4.78 is 20.1. The Morgan fingerprint density at radius 2 is 2.00 bits per heavy atom. The molecular weight excluding hydrogens is 437 g/mol. The molecule has 0 atom stereocenters. The summed E-state index contributed by atoms with van der Waals surface area (Å²) in [5.74, 6) is -0.482. The maximum atomic E-state index is 14.8. The molecule has 0 spiro atoms. The van der Waals surface area contributed by atoms with Crippen LogP contribution in [0.25, 0.3) is 11.3 Å². The van der Waals surface area contributed by atoms with Crippen molar-refractivity contribution in [2.45, 2.75) is 0 Å². The molecule has 1 amide bonds. The molecular formula is C24H30FN7O2. The fraction of sp³-hybridized carbons (Fsp3) is 0.167. The van der Waals surface area contributed by atoms with Crippen molar-refractivity contribution in [1.82, 2.24) is 9.97 Å². The lowest BCUT2D eigenvalue weighted by Crippen LogP contribution is -2.36. The molecule has 0 radical (unpaired) electrons.